The monoisotopic (exact) mass is 671 g/mol. The molecule has 0 saturated carbocycles. The summed E-state index contributed by atoms with van der Waals surface area (Å²) in [5.74, 6) is -0.730. The van der Waals surface area contributed by atoms with Gasteiger partial charge in [0.15, 0.2) is 0 Å². The molecule has 0 bridgehead atoms. The third-order valence-electron chi connectivity index (χ3n) is 9.48. The highest BCUT2D eigenvalue weighted by atomic mass is 32.2. The van der Waals surface area contributed by atoms with Crippen molar-refractivity contribution < 1.29 is 27.5 Å². The minimum absolute atomic E-state index is 0.00266. The van der Waals surface area contributed by atoms with Gasteiger partial charge in [0.25, 0.3) is 15.9 Å². The van der Waals surface area contributed by atoms with Crippen molar-refractivity contribution in [3.8, 4) is 11.8 Å². The van der Waals surface area contributed by atoms with Gasteiger partial charge in [0, 0.05) is 50.9 Å². The SMILES string of the molecule is CCCN1CCN(C2CCN(C(=O)OC3(c4ccccc4OCC)C(=O)N(S(=O)(=O)c4ccccc4)c4ccc(C#N)cc43)CC2)CC1. The summed E-state index contributed by atoms with van der Waals surface area (Å²) in [6, 6.07) is 21.0. The Balaban J connectivity index is 1.37. The molecule has 48 heavy (non-hydrogen) atoms. The van der Waals surface area contributed by atoms with E-state index in [1.54, 1.807) is 54.3 Å². The predicted octanol–water partition coefficient (Wildman–Crippen LogP) is 4.56. The molecule has 0 N–H and O–H groups in total. The topological polar surface area (TPSA) is 123 Å². The van der Waals surface area contributed by atoms with E-state index in [0.717, 1.165) is 52.0 Å². The van der Waals surface area contributed by atoms with Gasteiger partial charge in [0.05, 0.1) is 34.4 Å². The van der Waals surface area contributed by atoms with Crippen molar-refractivity contribution in [1.82, 2.24) is 14.7 Å². The average Bonchev–Trinajstić information content (AvgIpc) is 3.37. The maximum atomic E-state index is 14.9. The molecule has 6 rings (SSSR count). The molecule has 0 spiro atoms. The summed E-state index contributed by atoms with van der Waals surface area (Å²) in [7, 11) is -4.47. The molecule has 0 aliphatic carbocycles. The Morgan fingerprint density at radius 2 is 1.60 bits per heavy atom. The number of piperazine rings is 1. The van der Waals surface area contributed by atoms with Gasteiger partial charge in [-0.15, -0.1) is 0 Å². The Hall–Kier alpha value is -4.44. The molecule has 3 aliphatic heterocycles. The van der Waals surface area contributed by atoms with Crippen LogP contribution in [0.15, 0.2) is 77.7 Å². The predicted molar refractivity (Wildman–Crippen MR) is 180 cm³/mol. The summed E-state index contributed by atoms with van der Waals surface area (Å²) in [5.41, 5.74) is -1.82. The van der Waals surface area contributed by atoms with Crippen LogP contribution in [0.5, 0.6) is 5.75 Å². The van der Waals surface area contributed by atoms with Crippen molar-refractivity contribution in [1.29, 1.82) is 5.26 Å². The van der Waals surface area contributed by atoms with Crippen LogP contribution in [0.1, 0.15) is 49.8 Å². The van der Waals surface area contributed by atoms with Gasteiger partial charge >= 0.3 is 6.09 Å². The van der Waals surface area contributed by atoms with E-state index in [2.05, 4.69) is 22.8 Å². The van der Waals surface area contributed by atoms with Crippen LogP contribution in [-0.2, 0) is 25.2 Å². The molecule has 0 aromatic heterocycles. The zero-order chi connectivity index (χ0) is 33.9. The Kier molecular flexibility index (Phi) is 9.73. The van der Waals surface area contributed by atoms with E-state index >= 15 is 0 Å². The van der Waals surface area contributed by atoms with E-state index in [-0.39, 0.29) is 39.6 Å². The minimum Gasteiger partial charge on any atom is -0.493 e. The number of carbonyl (C=O) groups excluding carboxylic acids is 2. The lowest BCUT2D eigenvalue weighted by Crippen LogP contribution is -2.54. The van der Waals surface area contributed by atoms with Crippen LogP contribution in [0.2, 0.25) is 0 Å². The molecule has 1 atom stereocenters. The number of anilines is 1. The van der Waals surface area contributed by atoms with E-state index in [4.69, 9.17) is 9.47 Å². The van der Waals surface area contributed by atoms with Gasteiger partial charge in [-0.05, 0) is 69.1 Å². The number of nitriles is 1. The molecule has 1 unspecified atom stereocenters. The van der Waals surface area contributed by atoms with Crippen molar-refractivity contribution in [2.45, 2.75) is 49.6 Å². The fraction of sp³-hybridized carbons (Fsp3) is 0.417. The molecule has 3 aromatic rings. The fourth-order valence-corrected chi connectivity index (χ4v) is 8.58. The third-order valence-corrected chi connectivity index (χ3v) is 11.2. The molecule has 11 nitrogen and oxygen atoms in total. The number of benzene rings is 3. The van der Waals surface area contributed by atoms with Gasteiger partial charge in [-0.1, -0.05) is 43.3 Å². The summed E-state index contributed by atoms with van der Waals surface area (Å²) >= 11 is 0. The smallest absolute Gasteiger partial charge is 0.411 e. The van der Waals surface area contributed by atoms with E-state index in [0.29, 0.717) is 23.4 Å². The number of amides is 2. The van der Waals surface area contributed by atoms with E-state index in [1.807, 2.05) is 0 Å². The Morgan fingerprint density at radius 1 is 0.917 bits per heavy atom. The average molecular weight is 672 g/mol. The highest BCUT2D eigenvalue weighted by molar-refractivity contribution is 7.93. The Morgan fingerprint density at radius 3 is 2.27 bits per heavy atom. The van der Waals surface area contributed by atoms with Crippen molar-refractivity contribution in [2.75, 3.05) is 56.7 Å². The van der Waals surface area contributed by atoms with Gasteiger partial charge in [-0.3, -0.25) is 9.69 Å². The Labute approximate surface area is 282 Å². The maximum Gasteiger partial charge on any atom is 0.411 e. The van der Waals surface area contributed by atoms with Gasteiger partial charge in [-0.25, -0.2) is 13.2 Å². The first-order chi connectivity index (χ1) is 23.2. The maximum absolute atomic E-state index is 14.9. The number of likely N-dealkylation sites (tertiary alicyclic amines) is 1. The molecule has 3 aromatic carbocycles. The highest BCUT2D eigenvalue weighted by Crippen LogP contribution is 2.52. The second kappa shape index (κ2) is 14.0. The Bertz CT molecular complexity index is 1800. The number of para-hydroxylation sites is 1. The van der Waals surface area contributed by atoms with E-state index in [1.165, 1.54) is 30.3 Å². The molecule has 12 heteroatoms. The lowest BCUT2D eigenvalue weighted by Gasteiger charge is -2.43. The lowest BCUT2D eigenvalue weighted by atomic mass is 9.85. The van der Waals surface area contributed by atoms with Gasteiger partial charge in [-0.2, -0.15) is 9.57 Å². The number of fused-ring (bicyclic) bond motifs is 1. The molecule has 3 aliphatic rings. The van der Waals surface area contributed by atoms with Crippen LogP contribution in [-0.4, -0.2) is 93.6 Å². The van der Waals surface area contributed by atoms with Crippen LogP contribution >= 0.6 is 0 Å². The first-order valence-electron chi connectivity index (χ1n) is 16.6. The molecule has 0 radical (unpaired) electrons. The number of hydrogen-bond acceptors (Lipinski definition) is 9. The first-order valence-corrected chi connectivity index (χ1v) is 18.0. The molecule has 2 amide bonds. The molecule has 2 fully saturated rings. The summed E-state index contributed by atoms with van der Waals surface area (Å²) in [6.07, 6.45) is 1.90. The normalized spacial score (nSPS) is 20.7. The summed E-state index contributed by atoms with van der Waals surface area (Å²) in [4.78, 5) is 35.6. The van der Waals surface area contributed by atoms with Crippen LogP contribution < -0.4 is 9.04 Å². The molecular formula is C36H41N5O6S. The highest BCUT2D eigenvalue weighted by Gasteiger charge is 2.61. The van der Waals surface area contributed by atoms with Gasteiger partial charge in [0.2, 0.25) is 5.60 Å². The second-order valence-corrected chi connectivity index (χ2v) is 14.1. The standard InChI is InChI=1S/C36H41N5O6S/c1-3-18-38-21-23-39(24-22-38)28-16-19-40(20-17-28)35(43)47-36(30-12-8-9-13-33(30)46-4-2)31-25-27(26-37)14-15-32(31)41(34(36)42)48(44,45)29-10-6-5-7-11-29/h5-15,25,28H,3-4,16-24H2,1-2H3. The van der Waals surface area contributed by atoms with Gasteiger partial charge in [0.1, 0.15) is 5.75 Å². The number of ether oxygens (including phenoxy) is 2. The molecule has 252 valence electrons. The number of rotatable bonds is 9. The third kappa shape index (κ3) is 6.02. The van der Waals surface area contributed by atoms with Crippen molar-refractivity contribution in [3.05, 3.63) is 89.5 Å². The molecule has 2 saturated heterocycles. The number of carbonyl (C=O) groups is 2. The summed E-state index contributed by atoms with van der Waals surface area (Å²) < 4.78 is 41.3. The van der Waals surface area contributed by atoms with Crippen molar-refractivity contribution in [2.24, 2.45) is 0 Å². The fourth-order valence-electron chi connectivity index (χ4n) is 7.10. The summed E-state index contributed by atoms with van der Waals surface area (Å²) in [6.45, 7) is 10.2. The number of piperidine rings is 1. The van der Waals surface area contributed by atoms with Crippen LogP contribution in [0.4, 0.5) is 10.5 Å². The number of sulfonamides is 1. The van der Waals surface area contributed by atoms with E-state index in [9.17, 15) is 23.3 Å². The summed E-state index contributed by atoms with van der Waals surface area (Å²) in [5, 5.41) is 9.86. The largest absolute Gasteiger partial charge is 0.493 e. The quantitative estimate of drug-likeness (QED) is 0.322. The van der Waals surface area contributed by atoms with Crippen molar-refractivity contribution in [3.63, 3.8) is 0 Å². The second-order valence-electron chi connectivity index (χ2n) is 12.3. The first kappa shape index (κ1) is 33.5. The molecular weight excluding hydrogens is 630 g/mol. The zero-order valence-corrected chi connectivity index (χ0v) is 28.2. The minimum atomic E-state index is -4.47. The molecule has 3 heterocycles. The van der Waals surface area contributed by atoms with Crippen LogP contribution in [0, 0.1) is 11.3 Å². The number of hydrogen-bond donors (Lipinski definition) is 0. The van der Waals surface area contributed by atoms with Gasteiger partial charge < -0.3 is 19.3 Å². The van der Waals surface area contributed by atoms with E-state index < -0.39 is 27.6 Å². The number of nitrogens with zero attached hydrogens (tertiary/aromatic N) is 5. The van der Waals surface area contributed by atoms with Crippen molar-refractivity contribution >= 4 is 27.7 Å². The lowest BCUT2D eigenvalue weighted by molar-refractivity contribution is -0.132. The zero-order valence-electron chi connectivity index (χ0n) is 27.4. The van der Waals surface area contributed by atoms with Crippen LogP contribution in [0.3, 0.4) is 0 Å². The van der Waals surface area contributed by atoms with Crippen LogP contribution in [0.25, 0.3) is 0 Å².